The molecule has 1 aromatic rings. The van der Waals surface area contributed by atoms with Gasteiger partial charge in [0.05, 0.1) is 10.6 Å². The SMILES string of the molecule is C[C@@H]1CCC[C@H](C)N1C(=O)c1cnccc1Cl. The fraction of sp³-hybridized carbons (Fsp3) is 0.538. The second-order valence-corrected chi connectivity index (χ2v) is 5.10. The van der Waals surface area contributed by atoms with Crippen LogP contribution in [0, 0.1) is 0 Å². The first-order chi connectivity index (χ1) is 8.11. The minimum absolute atomic E-state index is 0.00259. The average Bonchev–Trinajstić information content (AvgIpc) is 2.29. The van der Waals surface area contributed by atoms with E-state index in [9.17, 15) is 4.79 Å². The lowest BCUT2D eigenvalue weighted by molar-refractivity contribution is 0.0510. The van der Waals surface area contributed by atoms with Gasteiger partial charge in [-0.1, -0.05) is 11.6 Å². The van der Waals surface area contributed by atoms with Gasteiger partial charge < -0.3 is 4.90 Å². The summed E-state index contributed by atoms with van der Waals surface area (Å²) < 4.78 is 0. The Morgan fingerprint density at radius 3 is 2.65 bits per heavy atom. The number of hydrogen-bond donors (Lipinski definition) is 0. The largest absolute Gasteiger partial charge is 0.333 e. The van der Waals surface area contributed by atoms with Crippen molar-refractivity contribution < 1.29 is 4.79 Å². The summed E-state index contributed by atoms with van der Waals surface area (Å²) >= 11 is 6.05. The van der Waals surface area contributed by atoms with Gasteiger partial charge in [-0.05, 0) is 39.2 Å². The highest BCUT2D eigenvalue weighted by Crippen LogP contribution is 2.26. The predicted octanol–water partition coefficient (Wildman–Crippen LogP) is 3.14. The summed E-state index contributed by atoms with van der Waals surface area (Å²) in [4.78, 5) is 18.4. The highest BCUT2D eigenvalue weighted by atomic mass is 35.5. The van der Waals surface area contributed by atoms with Crippen LogP contribution in [0.4, 0.5) is 0 Å². The minimum atomic E-state index is 0.00259. The maximum absolute atomic E-state index is 12.4. The fourth-order valence-corrected chi connectivity index (χ4v) is 2.68. The molecule has 0 bridgehead atoms. The summed E-state index contributed by atoms with van der Waals surface area (Å²) in [7, 11) is 0. The monoisotopic (exact) mass is 252 g/mol. The van der Waals surface area contributed by atoms with Crippen molar-refractivity contribution in [2.75, 3.05) is 0 Å². The van der Waals surface area contributed by atoms with Crippen LogP contribution in [-0.4, -0.2) is 27.9 Å². The number of nitrogens with zero attached hydrogens (tertiary/aromatic N) is 2. The molecule has 0 spiro atoms. The van der Waals surface area contributed by atoms with Crippen LogP contribution in [0.3, 0.4) is 0 Å². The van der Waals surface area contributed by atoms with Crippen LogP contribution < -0.4 is 0 Å². The van der Waals surface area contributed by atoms with E-state index in [2.05, 4.69) is 18.8 Å². The number of carbonyl (C=O) groups is 1. The Bertz CT molecular complexity index is 412. The van der Waals surface area contributed by atoms with E-state index in [0.717, 1.165) is 12.8 Å². The van der Waals surface area contributed by atoms with E-state index in [1.165, 1.54) is 6.42 Å². The number of aromatic nitrogens is 1. The van der Waals surface area contributed by atoms with Gasteiger partial charge in [0.25, 0.3) is 5.91 Å². The van der Waals surface area contributed by atoms with Crippen molar-refractivity contribution >= 4 is 17.5 Å². The van der Waals surface area contributed by atoms with Crippen molar-refractivity contribution in [3.05, 3.63) is 29.0 Å². The summed E-state index contributed by atoms with van der Waals surface area (Å²) in [6.07, 6.45) is 6.47. The van der Waals surface area contributed by atoms with Crippen molar-refractivity contribution in [1.82, 2.24) is 9.88 Å². The van der Waals surface area contributed by atoms with E-state index >= 15 is 0 Å². The molecule has 0 radical (unpaired) electrons. The van der Waals surface area contributed by atoms with Crippen LogP contribution >= 0.6 is 11.6 Å². The molecule has 2 atom stereocenters. The summed E-state index contributed by atoms with van der Waals surface area (Å²) in [6, 6.07) is 2.22. The molecule has 0 aliphatic carbocycles. The van der Waals surface area contributed by atoms with E-state index in [0.29, 0.717) is 10.6 Å². The Morgan fingerprint density at radius 2 is 2.06 bits per heavy atom. The number of rotatable bonds is 1. The van der Waals surface area contributed by atoms with Gasteiger partial charge in [0.2, 0.25) is 0 Å². The van der Waals surface area contributed by atoms with Gasteiger partial charge in [0.1, 0.15) is 0 Å². The fourth-order valence-electron chi connectivity index (χ4n) is 2.50. The van der Waals surface area contributed by atoms with Gasteiger partial charge in [-0.3, -0.25) is 9.78 Å². The topological polar surface area (TPSA) is 33.2 Å². The molecule has 1 aliphatic rings. The molecule has 92 valence electrons. The quantitative estimate of drug-likeness (QED) is 0.769. The molecule has 1 aromatic heterocycles. The third-order valence-corrected chi connectivity index (χ3v) is 3.76. The molecule has 2 heterocycles. The Morgan fingerprint density at radius 1 is 1.41 bits per heavy atom. The lowest BCUT2D eigenvalue weighted by Crippen LogP contribution is -2.47. The van der Waals surface area contributed by atoms with Gasteiger partial charge in [0.15, 0.2) is 0 Å². The van der Waals surface area contributed by atoms with Crippen LogP contribution in [0.25, 0.3) is 0 Å². The molecule has 17 heavy (non-hydrogen) atoms. The standard InChI is InChI=1S/C13H17ClN2O/c1-9-4-3-5-10(2)16(9)13(17)11-8-15-7-6-12(11)14/h6-10H,3-5H2,1-2H3/t9-,10+. The van der Waals surface area contributed by atoms with Crippen molar-refractivity contribution in [3.63, 3.8) is 0 Å². The molecule has 1 amide bonds. The first kappa shape index (κ1) is 12.4. The maximum Gasteiger partial charge on any atom is 0.257 e. The summed E-state index contributed by atoms with van der Waals surface area (Å²) in [5.41, 5.74) is 0.509. The van der Waals surface area contributed by atoms with E-state index < -0.39 is 0 Å². The van der Waals surface area contributed by atoms with E-state index in [1.807, 2.05) is 4.90 Å². The summed E-state index contributed by atoms with van der Waals surface area (Å²) in [6.45, 7) is 4.19. The molecule has 0 N–H and O–H groups in total. The van der Waals surface area contributed by atoms with Crippen LogP contribution in [0.1, 0.15) is 43.5 Å². The Kier molecular flexibility index (Phi) is 3.67. The highest BCUT2D eigenvalue weighted by Gasteiger charge is 2.30. The minimum Gasteiger partial charge on any atom is -0.333 e. The lowest BCUT2D eigenvalue weighted by atomic mass is 9.96. The molecule has 0 unspecified atom stereocenters. The third kappa shape index (κ3) is 2.44. The average molecular weight is 253 g/mol. The smallest absolute Gasteiger partial charge is 0.257 e. The first-order valence-corrected chi connectivity index (χ1v) is 6.41. The van der Waals surface area contributed by atoms with Crippen molar-refractivity contribution in [2.45, 2.75) is 45.2 Å². The van der Waals surface area contributed by atoms with Crippen LogP contribution in [0.2, 0.25) is 5.02 Å². The number of hydrogen-bond acceptors (Lipinski definition) is 2. The second-order valence-electron chi connectivity index (χ2n) is 4.70. The Balaban J connectivity index is 2.27. The molecular formula is C13H17ClN2O. The number of likely N-dealkylation sites (tertiary alicyclic amines) is 1. The Hall–Kier alpha value is -1.09. The maximum atomic E-state index is 12.4. The van der Waals surface area contributed by atoms with Crippen molar-refractivity contribution in [1.29, 1.82) is 0 Å². The number of pyridine rings is 1. The molecule has 0 aromatic carbocycles. The summed E-state index contributed by atoms with van der Waals surface area (Å²) in [5, 5.41) is 0.481. The molecule has 1 fully saturated rings. The van der Waals surface area contributed by atoms with Gasteiger partial charge in [0, 0.05) is 24.5 Å². The molecular weight excluding hydrogens is 236 g/mol. The number of amides is 1. The highest BCUT2D eigenvalue weighted by molar-refractivity contribution is 6.33. The number of carbonyl (C=O) groups excluding carboxylic acids is 1. The normalized spacial score (nSPS) is 24.8. The third-order valence-electron chi connectivity index (χ3n) is 3.43. The number of halogens is 1. The molecule has 0 saturated carbocycles. The molecule has 1 aliphatic heterocycles. The van der Waals surface area contributed by atoms with E-state index in [4.69, 9.17) is 11.6 Å². The Labute approximate surface area is 107 Å². The van der Waals surface area contributed by atoms with Gasteiger partial charge in [-0.15, -0.1) is 0 Å². The van der Waals surface area contributed by atoms with Crippen LogP contribution in [0.15, 0.2) is 18.5 Å². The summed E-state index contributed by atoms with van der Waals surface area (Å²) in [5.74, 6) is 0.00259. The first-order valence-electron chi connectivity index (χ1n) is 6.03. The zero-order valence-corrected chi connectivity index (χ0v) is 10.9. The zero-order valence-electron chi connectivity index (χ0n) is 10.2. The van der Waals surface area contributed by atoms with Gasteiger partial charge in [-0.2, -0.15) is 0 Å². The van der Waals surface area contributed by atoms with Crippen molar-refractivity contribution in [2.24, 2.45) is 0 Å². The van der Waals surface area contributed by atoms with E-state index in [-0.39, 0.29) is 18.0 Å². The molecule has 4 heteroatoms. The van der Waals surface area contributed by atoms with Gasteiger partial charge in [-0.25, -0.2) is 0 Å². The van der Waals surface area contributed by atoms with Gasteiger partial charge >= 0.3 is 0 Å². The predicted molar refractivity (Wildman–Crippen MR) is 68.2 cm³/mol. The molecule has 3 nitrogen and oxygen atoms in total. The van der Waals surface area contributed by atoms with Crippen molar-refractivity contribution in [3.8, 4) is 0 Å². The second kappa shape index (κ2) is 5.05. The van der Waals surface area contributed by atoms with Crippen LogP contribution in [0.5, 0.6) is 0 Å². The number of piperidine rings is 1. The molecule has 1 saturated heterocycles. The van der Waals surface area contributed by atoms with E-state index in [1.54, 1.807) is 18.5 Å². The zero-order chi connectivity index (χ0) is 12.4. The lowest BCUT2D eigenvalue weighted by Gasteiger charge is -2.39. The van der Waals surface area contributed by atoms with Crippen LogP contribution in [-0.2, 0) is 0 Å². The molecule has 2 rings (SSSR count).